The van der Waals surface area contributed by atoms with Crippen LogP contribution in [0, 0.1) is 10.1 Å². The second-order valence-electron chi connectivity index (χ2n) is 5.67. The molecule has 0 bridgehead atoms. The molecule has 0 unspecified atom stereocenters. The van der Waals surface area contributed by atoms with Crippen molar-refractivity contribution in [3.63, 3.8) is 0 Å². The molecule has 2 fully saturated rings. The van der Waals surface area contributed by atoms with E-state index in [4.69, 9.17) is 21.1 Å². The smallest absolute Gasteiger partial charge is 0.270 e. The number of nitro benzene ring substituents is 1. The highest BCUT2D eigenvalue weighted by Gasteiger charge is 2.39. The number of likely N-dealkylation sites (tertiary alicyclic amines) is 1. The number of carbonyl (C=O) groups excluding carboxylic acids is 1. The van der Waals surface area contributed by atoms with Crippen LogP contribution in [0.1, 0.15) is 29.6 Å². The van der Waals surface area contributed by atoms with E-state index in [1.165, 1.54) is 18.2 Å². The summed E-state index contributed by atoms with van der Waals surface area (Å²) >= 11 is 6.04. The molecule has 2 aliphatic rings. The Morgan fingerprint density at radius 3 is 2.52 bits per heavy atom. The maximum Gasteiger partial charge on any atom is 0.270 e. The molecule has 1 aromatic carbocycles. The molecule has 124 valence electrons. The summed E-state index contributed by atoms with van der Waals surface area (Å²) in [6.07, 6.45) is 2.06. The van der Waals surface area contributed by atoms with Crippen molar-refractivity contribution in [2.75, 3.05) is 26.3 Å². The number of rotatable bonds is 2. The predicted octanol–water partition coefficient (Wildman–Crippen LogP) is 2.62. The molecule has 2 aliphatic heterocycles. The normalized spacial score (nSPS) is 20.5. The van der Waals surface area contributed by atoms with E-state index >= 15 is 0 Å². The Kier molecular flexibility index (Phi) is 4.52. The molecule has 0 N–H and O–H groups in total. The van der Waals surface area contributed by atoms with Gasteiger partial charge in [-0.2, -0.15) is 0 Å². The predicted molar refractivity (Wildman–Crippen MR) is 82.5 cm³/mol. The fraction of sp³-hybridized carbons (Fsp3) is 0.533. The molecule has 3 rings (SSSR count). The number of halogens is 1. The number of benzene rings is 1. The maximum atomic E-state index is 12.6. The van der Waals surface area contributed by atoms with E-state index < -0.39 is 10.7 Å². The highest BCUT2D eigenvalue weighted by molar-refractivity contribution is 6.33. The first kappa shape index (κ1) is 16.2. The van der Waals surface area contributed by atoms with E-state index in [1.807, 2.05) is 0 Å². The Balaban J connectivity index is 1.72. The van der Waals surface area contributed by atoms with Gasteiger partial charge in [-0.05, 0) is 12.5 Å². The number of amides is 1. The zero-order valence-electron chi connectivity index (χ0n) is 12.5. The molecule has 23 heavy (non-hydrogen) atoms. The van der Waals surface area contributed by atoms with Gasteiger partial charge in [0.15, 0.2) is 5.79 Å². The van der Waals surface area contributed by atoms with Crippen LogP contribution in [-0.4, -0.2) is 47.8 Å². The average molecular weight is 341 g/mol. The summed E-state index contributed by atoms with van der Waals surface area (Å²) in [6.45, 7) is 2.28. The van der Waals surface area contributed by atoms with Gasteiger partial charge >= 0.3 is 0 Å². The van der Waals surface area contributed by atoms with Crippen LogP contribution in [0.2, 0.25) is 5.02 Å². The standard InChI is InChI=1S/C15H17ClN2O5/c16-13-3-2-11(18(20)21)10-12(13)14(19)17-6-4-15(5-7-17)22-8-1-9-23-15/h2-3,10H,1,4-9H2. The summed E-state index contributed by atoms with van der Waals surface area (Å²) in [6, 6.07) is 3.89. The number of ether oxygens (including phenoxy) is 2. The highest BCUT2D eigenvalue weighted by atomic mass is 35.5. The van der Waals surface area contributed by atoms with Crippen LogP contribution in [0.5, 0.6) is 0 Å². The summed E-state index contributed by atoms with van der Waals surface area (Å²) in [5, 5.41) is 11.1. The van der Waals surface area contributed by atoms with E-state index in [0.29, 0.717) is 39.1 Å². The van der Waals surface area contributed by atoms with Gasteiger partial charge in [0.05, 0.1) is 28.7 Å². The molecule has 1 amide bonds. The molecule has 0 aliphatic carbocycles. The van der Waals surface area contributed by atoms with Crippen LogP contribution in [0.25, 0.3) is 0 Å². The SMILES string of the molecule is O=C(c1cc([N+](=O)[O-])ccc1Cl)N1CCC2(CC1)OCCCO2. The molecule has 2 saturated heterocycles. The van der Waals surface area contributed by atoms with E-state index in [-0.39, 0.29) is 22.2 Å². The van der Waals surface area contributed by atoms with Gasteiger partial charge in [0.1, 0.15) is 0 Å². The Bertz CT molecular complexity index is 620. The lowest BCUT2D eigenvalue weighted by Gasteiger charge is -2.43. The monoisotopic (exact) mass is 340 g/mol. The minimum absolute atomic E-state index is 0.148. The first-order valence-corrected chi connectivity index (χ1v) is 7.90. The molecule has 8 heteroatoms. The van der Waals surface area contributed by atoms with Crippen molar-refractivity contribution in [1.29, 1.82) is 0 Å². The maximum absolute atomic E-state index is 12.6. The first-order chi connectivity index (χ1) is 11.0. The lowest BCUT2D eigenvalue weighted by molar-refractivity contribution is -0.384. The number of carbonyl (C=O) groups is 1. The lowest BCUT2D eigenvalue weighted by Crippen LogP contribution is -2.51. The van der Waals surface area contributed by atoms with Crippen LogP contribution in [-0.2, 0) is 9.47 Å². The van der Waals surface area contributed by atoms with Gasteiger partial charge in [-0.3, -0.25) is 14.9 Å². The lowest BCUT2D eigenvalue weighted by atomic mass is 10.0. The number of non-ortho nitro benzene ring substituents is 1. The van der Waals surface area contributed by atoms with Crippen molar-refractivity contribution in [3.8, 4) is 0 Å². The van der Waals surface area contributed by atoms with Gasteiger partial charge in [-0.1, -0.05) is 11.6 Å². The Morgan fingerprint density at radius 1 is 1.26 bits per heavy atom. The third kappa shape index (κ3) is 3.31. The second-order valence-corrected chi connectivity index (χ2v) is 6.08. The minimum Gasteiger partial charge on any atom is -0.350 e. The zero-order chi connectivity index (χ0) is 16.4. The van der Waals surface area contributed by atoms with Crippen LogP contribution >= 0.6 is 11.6 Å². The van der Waals surface area contributed by atoms with E-state index in [0.717, 1.165) is 6.42 Å². The van der Waals surface area contributed by atoms with Crippen LogP contribution in [0.15, 0.2) is 18.2 Å². The van der Waals surface area contributed by atoms with Crippen molar-refractivity contribution in [2.24, 2.45) is 0 Å². The van der Waals surface area contributed by atoms with Gasteiger partial charge in [0, 0.05) is 38.1 Å². The van der Waals surface area contributed by atoms with Crippen molar-refractivity contribution in [1.82, 2.24) is 4.90 Å². The topological polar surface area (TPSA) is 81.9 Å². The van der Waals surface area contributed by atoms with Crippen LogP contribution in [0.4, 0.5) is 5.69 Å². The number of nitrogens with zero attached hydrogens (tertiary/aromatic N) is 2. The molecule has 7 nitrogen and oxygen atoms in total. The summed E-state index contributed by atoms with van der Waals surface area (Å²) in [7, 11) is 0. The zero-order valence-corrected chi connectivity index (χ0v) is 13.3. The molecule has 0 saturated carbocycles. The number of hydrogen-bond acceptors (Lipinski definition) is 5. The largest absolute Gasteiger partial charge is 0.350 e. The quantitative estimate of drug-likeness (QED) is 0.610. The fourth-order valence-corrected chi connectivity index (χ4v) is 3.12. The Morgan fingerprint density at radius 2 is 1.91 bits per heavy atom. The summed E-state index contributed by atoms with van der Waals surface area (Å²) in [5.74, 6) is -0.883. The number of piperidine rings is 1. The first-order valence-electron chi connectivity index (χ1n) is 7.52. The van der Waals surface area contributed by atoms with Gasteiger partial charge in [0.2, 0.25) is 0 Å². The van der Waals surface area contributed by atoms with Gasteiger partial charge in [-0.25, -0.2) is 0 Å². The molecule has 0 radical (unpaired) electrons. The Hall–Kier alpha value is -1.70. The van der Waals surface area contributed by atoms with Crippen molar-refractivity contribution in [2.45, 2.75) is 25.0 Å². The number of nitro groups is 1. The molecule has 2 heterocycles. The summed E-state index contributed by atoms with van der Waals surface area (Å²) < 4.78 is 11.5. The van der Waals surface area contributed by atoms with Gasteiger partial charge in [-0.15, -0.1) is 0 Å². The molecule has 1 spiro atoms. The average Bonchev–Trinajstić information content (AvgIpc) is 2.56. The molecule has 0 atom stereocenters. The van der Waals surface area contributed by atoms with Crippen molar-refractivity contribution in [3.05, 3.63) is 38.9 Å². The van der Waals surface area contributed by atoms with E-state index in [9.17, 15) is 14.9 Å². The van der Waals surface area contributed by atoms with Crippen molar-refractivity contribution < 1.29 is 19.2 Å². The third-order valence-electron chi connectivity index (χ3n) is 4.22. The highest BCUT2D eigenvalue weighted by Crippen LogP contribution is 2.32. The number of hydrogen-bond donors (Lipinski definition) is 0. The van der Waals surface area contributed by atoms with E-state index in [2.05, 4.69) is 0 Å². The van der Waals surface area contributed by atoms with Gasteiger partial charge in [0.25, 0.3) is 11.6 Å². The van der Waals surface area contributed by atoms with E-state index in [1.54, 1.807) is 4.90 Å². The molecule has 1 aromatic rings. The molecule has 0 aromatic heterocycles. The molecular weight excluding hydrogens is 324 g/mol. The van der Waals surface area contributed by atoms with Crippen LogP contribution in [0.3, 0.4) is 0 Å². The Labute approximate surface area is 138 Å². The fourth-order valence-electron chi connectivity index (χ4n) is 2.92. The summed E-state index contributed by atoms with van der Waals surface area (Å²) in [5.41, 5.74) is 0.00692. The summed E-state index contributed by atoms with van der Waals surface area (Å²) in [4.78, 5) is 24.6. The second kappa shape index (κ2) is 6.43. The van der Waals surface area contributed by atoms with Crippen LogP contribution < -0.4 is 0 Å². The third-order valence-corrected chi connectivity index (χ3v) is 4.55. The van der Waals surface area contributed by atoms with Crippen molar-refractivity contribution >= 4 is 23.2 Å². The van der Waals surface area contributed by atoms with Gasteiger partial charge < -0.3 is 14.4 Å². The molecular formula is C15H17ClN2O5. The minimum atomic E-state index is -0.582.